The Kier molecular flexibility index (Phi) is 7.73. The molecule has 6 heteroatoms. The molecule has 0 radical (unpaired) electrons. The van der Waals surface area contributed by atoms with Gasteiger partial charge in [-0.15, -0.1) is 0 Å². The van der Waals surface area contributed by atoms with Crippen molar-refractivity contribution in [2.45, 2.75) is 12.8 Å². The molecular weight excluding hydrogens is 299 g/mol. The van der Waals surface area contributed by atoms with Crippen LogP contribution in [0.3, 0.4) is 0 Å². The van der Waals surface area contributed by atoms with Crippen LogP contribution < -0.4 is 5.32 Å². The number of nitrogens with one attached hydrogen (secondary N) is 1. The standard InChI is InChI=1S/C14H20Cl2N2O2/c1-18(6-3-7-20-2)14(19)17-5-4-11-8-12(15)10-13(16)9-11/h8-10H,3-7H2,1-2H3,(H,17,19). The van der Waals surface area contributed by atoms with Gasteiger partial charge in [0, 0.05) is 43.9 Å². The molecule has 112 valence electrons. The number of benzene rings is 1. The van der Waals surface area contributed by atoms with E-state index < -0.39 is 0 Å². The van der Waals surface area contributed by atoms with E-state index in [2.05, 4.69) is 5.32 Å². The van der Waals surface area contributed by atoms with Crippen molar-refractivity contribution >= 4 is 29.2 Å². The van der Waals surface area contributed by atoms with Crippen LogP contribution in [0.1, 0.15) is 12.0 Å². The molecule has 0 aromatic heterocycles. The highest BCUT2D eigenvalue weighted by molar-refractivity contribution is 6.34. The van der Waals surface area contributed by atoms with Crippen LogP contribution in [0.2, 0.25) is 10.0 Å². The zero-order valence-corrected chi connectivity index (χ0v) is 13.3. The van der Waals surface area contributed by atoms with Crippen molar-refractivity contribution in [2.24, 2.45) is 0 Å². The number of methoxy groups -OCH3 is 1. The van der Waals surface area contributed by atoms with E-state index in [1.54, 1.807) is 25.1 Å². The first kappa shape index (κ1) is 17.1. The summed E-state index contributed by atoms with van der Waals surface area (Å²) in [4.78, 5) is 13.4. The smallest absolute Gasteiger partial charge is 0.317 e. The zero-order valence-electron chi connectivity index (χ0n) is 11.8. The van der Waals surface area contributed by atoms with Crippen molar-refractivity contribution in [3.63, 3.8) is 0 Å². The second-order valence-electron chi connectivity index (χ2n) is 4.53. The van der Waals surface area contributed by atoms with Gasteiger partial charge in [-0.2, -0.15) is 0 Å². The van der Waals surface area contributed by atoms with Gasteiger partial charge in [0.05, 0.1) is 0 Å². The summed E-state index contributed by atoms with van der Waals surface area (Å²) in [6, 6.07) is 5.30. The molecule has 0 unspecified atom stereocenters. The Hall–Kier alpha value is -0.970. The Balaban J connectivity index is 2.30. The number of urea groups is 1. The van der Waals surface area contributed by atoms with Crippen molar-refractivity contribution in [1.82, 2.24) is 10.2 Å². The molecule has 4 nitrogen and oxygen atoms in total. The number of hydrogen-bond acceptors (Lipinski definition) is 2. The third-order valence-corrected chi connectivity index (χ3v) is 3.24. The zero-order chi connectivity index (χ0) is 15.0. The first-order valence-corrected chi connectivity index (χ1v) is 7.21. The van der Waals surface area contributed by atoms with Gasteiger partial charge in [0.25, 0.3) is 0 Å². The average Bonchev–Trinajstić information content (AvgIpc) is 2.37. The summed E-state index contributed by atoms with van der Waals surface area (Å²) in [5, 5.41) is 4.07. The summed E-state index contributed by atoms with van der Waals surface area (Å²) in [5.74, 6) is 0. The second-order valence-corrected chi connectivity index (χ2v) is 5.40. The lowest BCUT2D eigenvalue weighted by molar-refractivity contribution is 0.175. The first-order chi connectivity index (χ1) is 9.52. The van der Waals surface area contributed by atoms with Gasteiger partial charge in [0.15, 0.2) is 0 Å². The van der Waals surface area contributed by atoms with Crippen LogP contribution >= 0.6 is 23.2 Å². The topological polar surface area (TPSA) is 41.6 Å². The molecule has 0 aliphatic heterocycles. The lowest BCUT2D eigenvalue weighted by Gasteiger charge is -2.17. The molecule has 0 spiro atoms. The monoisotopic (exact) mass is 318 g/mol. The summed E-state index contributed by atoms with van der Waals surface area (Å²) < 4.78 is 4.95. The van der Waals surface area contributed by atoms with E-state index >= 15 is 0 Å². The van der Waals surface area contributed by atoms with Gasteiger partial charge in [-0.3, -0.25) is 0 Å². The highest BCUT2D eigenvalue weighted by Crippen LogP contribution is 2.19. The summed E-state index contributed by atoms with van der Waals surface area (Å²) in [7, 11) is 3.41. The minimum atomic E-state index is -0.0887. The van der Waals surface area contributed by atoms with E-state index in [1.807, 2.05) is 12.1 Å². The molecule has 0 aliphatic carbocycles. The molecule has 2 amide bonds. The van der Waals surface area contributed by atoms with Crippen LogP contribution in [0.5, 0.6) is 0 Å². The molecule has 0 saturated heterocycles. The third-order valence-electron chi connectivity index (χ3n) is 2.80. The van der Waals surface area contributed by atoms with E-state index in [4.69, 9.17) is 27.9 Å². The number of carbonyl (C=O) groups is 1. The average molecular weight is 319 g/mol. The summed E-state index contributed by atoms with van der Waals surface area (Å²) in [6.07, 6.45) is 1.52. The fourth-order valence-electron chi connectivity index (χ4n) is 1.75. The number of ether oxygens (including phenoxy) is 1. The SMILES string of the molecule is COCCCN(C)C(=O)NCCc1cc(Cl)cc(Cl)c1. The summed E-state index contributed by atoms with van der Waals surface area (Å²) in [6.45, 7) is 1.87. The summed E-state index contributed by atoms with van der Waals surface area (Å²) in [5.41, 5.74) is 1.00. The minimum absolute atomic E-state index is 0.0887. The number of amides is 2. The van der Waals surface area contributed by atoms with Crippen LogP contribution in [0.15, 0.2) is 18.2 Å². The van der Waals surface area contributed by atoms with Crippen molar-refractivity contribution in [3.8, 4) is 0 Å². The Bertz CT molecular complexity index is 421. The van der Waals surface area contributed by atoms with Crippen molar-refractivity contribution in [3.05, 3.63) is 33.8 Å². The Morgan fingerprint density at radius 2 is 1.95 bits per heavy atom. The van der Waals surface area contributed by atoms with Crippen LogP contribution in [-0.2, 0) is 11.2 Å². The van der Waals surface area contributed by atoms with Crippen molar-refractivity contribution in [2.75, 3.05) is 33.9 Å². The number of rotatable bonds is 7. The second kappa shape index (κ2) is 9.06. The van der Waals surface area contributed by atoms with Gasteiger partial charge in [-0.1, -0.05) is 23.2 Å². The molecule has 1 aromatic rings. The lowest BCUT2D eigenvalue weighted by Crippen LogP contribution is -2.38. The van der Waals surface area contributed by atoms with Crippen LogP contribution in [0.4, 0.5) is 4.79 Å². The molecular formula is C14H20Cl2N2O2. The number of nitrogens with zero attached hydrogens (tertiary/aromatic N) is 1. The minimum Gasteiger partial charge on any atom is -0.385 e. The third kappa shape index (κ3) is 6.46. The fourth-order valence-corrected chi connectivity index (χ4v) is 2.32. The largest absolute Gasteiger partial charge is 0.385 e. The maximum atomic E-state index is 11.8. The van der Waals surface area contributed by atoms with Gasteiger partial charge >= 0.3 is 6.03 Å². The fraction of sp³-hybridized carbons (Fsp3) is 0.500. The molecule has 1 rings (SSSR count). The summed E-state index contributed by atoms with van der Waals surface area (Å²) >= 11 is 11.8. The number of hydrogen-bond donors (Lipinski definition) is 1. The Labute approximate surface area is 130 Å². The molecule has 0 aliphatic rings. The molecule has 20 heavy (non-hydrogen) atoms. The molecule has 0 atom stereocenters. The van der Waals surface area contributed by atoms with Crippen molar-refractivity contribution in [1.29, 1.82) is 0 Å². The first-order valence-electron chi connectivity index (χ1n) is 6.46. The van der Waals surface area contributed by atoms with Crippen molar-refractivity contribution < 1.29 is 9.53 Å². The van der Waals surface area contributed by atoms with Crippen LogP contribution in [0, 0.1) is 0 Å². The van der Waals surface area contributed by atoms with E-state index in [-0.39, 0.29) is 6.03 Å². The van der Waals surface area contributed by atoms with Gasteiger partial charge in [0.1, 0.15) is 0 Å². The molecule has 0 fully saturated rings. The predicted octanol–water partition coefficient (Wildman–Crippen LogP) is 3.21. The van der Waals surface area contributed by atoms with E-state index in [0.717, 1.165) is 12.0 Å². The van der Waals surface area contributed by atoms with Crippen LogP contribution in [-0.4, -0.2) is 44.8 Å². The molecule has 1 aromatic carbocycles. The highest BCUT2D eigenvalue weighted by atomic mass is 35.5. The maximum Gasteiger partial charge on any atom is 0.317 e. The van der Waals surface area contributed by atoms with Crippen LogP contribution in [0.25, 0.3) is 0 Å². The number of halogens is 2. The maximum absolute atomic E-state index is 11.8. The Morgan fingerprint density at radius 3 is 2.55 bits per heavy atom. The predicted molar refractivity (Wildman–Crippen MR) is 82.7 cm³/mol. The molecule has 0 saturated carbocycles. The normalized spacial score (nSPS) is 10.4. The van der Waals surface area contributed by atoms with Gasteiger partial charge in [-0.05, 0) is 36.6 Å². The number of carbonyl (C=O) groups excluding carboxylic acids is 1. The van der Waals surface area contributed by atoms with Gasteiger partial charge in [0.2, 0.25) is 0 Å². The van der Waals surface area contributed by atoms with E-state index in [1.165, 1.54) is 0 Å². The lowest BCUT2D eigenvalue weighted by atomic mass is 10.1. The van der Waals surface area contributed by atoms with Gasteiger partial charge < -0.3 is 15.0 Å². The quantitative estimate of drug-likeness (QED) is 0.784. The Morgan fingerprint density at radius 1 is 1.30 bits per heavy atom. The molecule has 0 bridgehead atoms. The van der Waals surface area contributed by atoms with E-state index in [9.17, 15) is 4.79 Å². The molecule has 1 N–H and O–H groups in total. The molecule has 0 heterocycles. The van der Waals surface area contributed by atoms with Gasteiger partial charge in [-0.25, -0.2) is 4.79 Å². The highest BCUT2D eigenvalue weighted by Gasteiger charge is 2.07. The van der Waals surface area contributed by atoms with E-state index in [0.29, 0.717) is 36.2 Å².